The molecule has 3 rings (SSSR count). The third kappa shape index (κ3) is 3.61. The average molecular weight is 273 g/mol. The summed E-state index contributed by atoms with van der Waals surface area (Å²) in [6, 6.07) is 0. The summed E-state index contributed by atoms with van der Waals surface area (Å²) in [4.78, 5) is 18.1. The van der Waals surface area contributed by atoms with Crippen LogP contribution in [0, 0.1) is 5.92 Å². The number of aromatic nitrogens is 4. The predicted octanol–water partition coefficient (Wildman–Crippen LogP) is 0.891. The summed E-state index contributed by atoms with van der Waals surface area (Å²) in [7, 11) is 0. The minimum absolute atomic E-state index is 0.456. The van der Waals surface area contributed by atoms with E-state index in [2.05, 4.69) is 24.8 Å². The molecule has 20 heavy (non-hydrogen) atoms. The SMILES string of the molecule is c1cnc(C[C@@H]2COCCN(Cc3cnc[nH]3)C2)cn1. The Morgan fingerprint density at radius 2 is 2.30 bits per heavy atom. The Morgan fingerprint density at radius 3 is 3.10 bits per heavy atom. The molecule has 0 bridgehead atoms. The van der Waals surface area contributed by atoms with Crippen molar-refractivity contribution in [3.05, 3.63) is 42.5 Å². The number of rotatable bonds is 4. The molecule has 0 aromatic carbocycles. The number of nitrogens with zero attached hydrogens (tertiary/aromatic N) is 4. The number of imidazole rings is 1. The summed E-state index contributed by atoms with van der Waals surface area (Å²) < 4.78 is 5.71. The van der Waals surface area contributed by atoms with E-state index in [1.54, 1.807) is 18.7 Å². The zero-order valence-corrected chi connectivity index (χ0v) is 11.4. The first-order chi connectivity index (χ1) is 9.90. The third-order valence-corrected chi connectivity index (χ3v) is 3.49. The number of nitrogens with one attached hydrogen (secondary N) is 1. The van der Waals surface area contributed by atoms with Crippen molar-refractivity contribution in [2.75, 3.05) is 26.3 Å². The lowest BCUT2D eigenvalue weighted by atomic mass is 10.0. The van der Waals surface area contributed by atoms with Crippen molar-refractivity contribution in [2.24, 2.45) is 5.92 Å². The minimum atomic E-state index is 0.456. The van der Waals surface area contributed by atoms with Crippen molar-refractivity contribution in [1.29, 1.82) is 0 Å². The topological polar surface area (TPSA) is 66.9 Å². The summed E-state index contributed by atoms with van der Waals surface area (Å²) in [5, 5.41) is 0. The Hall–Kier alpha value is -1.79. The first-order valence-corrected chi connectivity index (χ1v) is 6.92. The van der Waals surface area contributed by atoms with E-state index in [0.717, 1.165) is 50.7 Å². The van der Waals surface area contributed by atoms with Crippen LogP contribution in [0.15, 0.2) is 31.1 Å². The van der Waals surface area contributed by atoms with Crippen LogP contribution in [0.25, 0.3) is 0 Å². The third-order valence-electron chi connectivity index (χ3n) is 3.49. The van der Waals surface area contributed by atoms with Gasteiger partial charge >= 0.3 is 0 Å². The first-order valence-electron chi connectivity index (χ1n) is 6.92. The molecule has 6 nitrogen and oxygen atoms in total. The minimum Gasteiger partial charge on any atom is -0.380 e. The van der Waals surface area contributed by atoms with Crippen LogP contribution >= 0.6 is 0 Å². The summed E-state index contributed by atoms with van der Waals surface area (Å²) in [6.07, 6.45) is 9.80. The van der Waals surface area contributed by atoms with E-state index < -0.39 is 0 Å². The molecule has 106 valence electrons. The summed E-state index contributed by atoms with van der Waals surface area (Å²) >= 11 is 0. The van der Waals surface area contributed by atoms with E-state index in [9.17, 15) is 0 Å². The van der Waals surface area contributed by atoms with Gasteiger partial charge in [-0.15, -0.1) is 0 Å². The van der Waals surface area contributed by atoms with E-state index in [1.165, 1.54) is 0 Å². The number of ether oxygens (including phenoxy) is 1. The van der Waals surface area contributed by atoms with Gasteiger partial charge in [-0.25, -0.2) is 4.98 Å². The van der Waals surface area contributed by atoms with Gasteiger partial charge in [0.1, 0.15) is 0 Å². The van der Waals surface area contributed by atoms with Crippen LogP contribution in [0.3, 0.4) is 0 Å². The molecule has 0 radical (unpaired) electrons. The van der Waals surface area contributed by atoms with Crippen molar-refractivity contribution in [3.63, 3.8) is 0 Å². The summed E-state index contributed by atoms with van der Waals surface area (Å²) in [5.74, 6) is 0.456. The van der Waals surface area contributed by atoms with Gasteiger partial charge in [0.15, 0.2) is 0 Å². The lowest BCUT2D eigenvalue weighted by molar-refractivity contribution is 0.121. The van der Waals surface area contributed by atoms with Crippen LogP contribution in [0.1, 0.15) is 11.4 Å². The zero-order valence-electron chi connectivity index (χ0n) is 11.4. The molecule has 3 heterocycles. The van der Waals surface area contributed by atoms with E-state index in [1.807, 2.05) is 12.4 Å². The monoisotopic (exact) mass is 273 g/mol. The normalized spacial score (nSPS) is 20.7. The molecular weight excluding hydrogens is 254 g/mol. The molecule has 2 aromatic heterocycles. The molecule has 1 N–H and O–H groups in total. The van der Waals surface area contributed by atoms with Gasteiger partial charge in [-0.2, -0.15) is 0 Å². The molecule has 6 heteroatoms. The second-order valence-electron chi connectivity index (χ2n) is 5.15. The average Bonchev–Trinajstić information content (AvgIpc) is 2.87. The van der Waals surface area contributed by atoms with Crippen molar-refractivity contribution in [2.45, 2.75) is 13.0 Å². The van der Waals surface area contributed by atoms with Crippen LogP contribution < -0.4 is 0 Å². The smallest absolute Gasteiger partial charge is 0.0922 e. The molecule has 0 unspecified atom stereocenters. The molecule has 1 saturated heterocycles. The first kappa shape index (κ1) is 13.2. The molecule has 1 aliphatic rings. The zero-order chi connectivity index (χ0) is 13.6. The van der Waals surface area contributed by atoms with Gasteiger partial charge in [0.25, 0.3) is 0 Å². The molecule has 1 atom stereocenters. The molecule has 1 aliphatic heterocycles. The number of hydrogen-bond donors (Lipinski definition) is 1. The Balaban J connectivity index is 1.60. The highest BCUT2D eigenvalue weighted by molar-refractivity contribution is 4.98. The van der Waals surface area contributed by atoms with Gasteiger partial charge in [-0.3, -0.25) is 14.9 Å². The fourth-order valence-corrected chi connectivity index (χ4v) is 2.56. The maximum absolute atomic E-state index is 5.71. The molecule has 0 aliphatic carbocycles. The molecule has 0 saturated carbocycles. The van der Waals surface area contributed by atoms with Crippen molar-refractivity contribution in [1.82, 2.24) is 24.8 Å². The van der Waals surface area contributed by atoms with Gasteiger partial charge in [-0.05, 0) is 6.42 Å². The van der Waals surface area contributed by atoms with Crippen LogP contribution in [0.4, 0.5) is 0 Å². The van der Waals surface area contributed by atoms with E-state index >= 15 is 0 Å². The van der Waals surface area contributed by atoms with Crippen LogP contribution in [-0.4, -0.2) is 51.1 Å². The van der Waals surface area contributed by atoms with Crippen molar-refractivity contribution in [3.8, 4) is 0 Å². The molecular formula is C14H19N5O. The highest BCUT2D eigenvalue weighted by Crippen LogP contribution is 2.13. The van der Waals surface area contributed by atoms with Gasteiger partial charge in [-0.1, -0.05) is 0 Å². The molecule has 2 aromatic rings. The summed E-state index contributed by atoms with van der Waals surface area (Å²) in [6.45, 7) is 4.42. The van der Waals surface area contributed by atoms with Gasteiger partial charge in [0.2, 0.25) is 0 Å². The lowest BCUT2D eigenvalue weighted by Gasteiger charge is -2.22. The fraction of sp³-hybridized carbons (Fsp3) is 0.500. The Bertz CT molecular complexity index is 502. The highest BCUT2D eigenvalue weighted by Gasteiger charge is 2.20. The highest BCUT2D eigenvalue weighted by atomic mass is 16.5. The maximum atomic E-state index is 5.71. The largest absolute Gasteiger partial charge is 0.380 e. The maximum Gasteiger partial charge on any atom is 0.0922 e. The predicted molar refractivity (Wildman–Crippen MR) is 73.9 cm³/mol. The standard InChI is InChI=1S/C14H19N5O/c1-2-17-13(6-15-1)5-12-8-19(3-4-20-10-12)9-14-7-16-11-18-14/h1-2,6-7,11-12H,3-5,8-10H2,(H,16,18)/t12-/m0/s1. The fourth-order valence-electron chi connectivity index (χ4n) is 2.56. The van der Waals surface area contributed by atoms with Crippen LogP contribution in [0.2, 0.25) is 0 Å². The van der Waals surface area contributed by atoms with Gasteiger partial charge in [0, 0.05) is 56.0 Å². The Labute approximate surface area is 118 Å². The quantitative estimate of drug-likeness (QED) is 0.896. The van der Waals surface area contributed by atoms with E-state index in [0.29, 0.717) is 5.92 Å². The number of hydrogen-bond acceptors (Lipinski definition) is 5. The number of H-pyrrole nitrogens is 1. The second-order valence-corrected chi connectivity index (χ2v) is 5.15. The molecule has 0 amide bonds. The Morgan fingerprint density at radius 1 is 1.30 bits per heavy atom. The Kier molecular flexibility index (Phi) is 4.35. The van der Waals surface area contributed by atoms with Crippen molar-refractivity contribution >= 4 is 0 Å². The second kappa shape index (κ2) is 6.58. The van der Waals surface area contributed by atoms with E-state index in [4.69, 9.17) is 4.74 Å². The van der Waals surface area contributed by atoms with Crippen LogP contribution in [-0.2, 0) is 17.7 Å². The van der Waals surface area contributed by atoms with Gasteiger partial charge in [0.05, 0.1) is 25.2 Å². The summed E-state index contributed by atoms with van der Waals surface area (Å²) in [5.41, 5.74) is 2.18. The van der Waals surface area contributed by atoms with Crippen LogP contribution in [0.5, 0.6) is 0 Å². The van der Waals surface area contributed by atoms with E-state index in [-0.39, 0.29) is 0 Å². The molecule has 0 spiro atoms. The van der Waals surface area contributed by atoms with Gasteiger partial charge < -0.3 is 9.72 Å². The van der Waals surface area contributed by atoms with Crippen molar-refractivity contribution < 1.29 is 4.74 Å². The lowest BCUT2D eigenvalue weighted by Crippen LogP contribution is -2.30. The number of aromatic amines is 1. The molecule has 1 fully saturated rings.